The van der Waals surface area contributed by atoms with Crippen molar-refractivity contribution >= 4 is 4.27 Å². The second-order valence-electron chi connectivity index (χ2n) is 0.610. The van der Waals surface area contributed by atoms with E-state index in [0.717, 1.165) is 0 Å². The molecule has 0 fully saturated rings. The van der Waals surface area contributed by atoms with E-state index >= 15 is 0 Å². The first-order valence-corrected chi connectivity index (χ1v) is 3.22. The zero-order valence-electron chi connectivity index (χ0n) is 2.71. The molecule has 5 heteroatoms. The Bertz CT molecular complexity index is 73.5. The third-order valence-corrected chi connectivity index (χ3v) is 0.754. The van der Waals surface area contributed by atoms with E-state index < -0.39 is 22.5 Å². The van der Waals surface area contributed by atoms with Gasteiger partial charge in [-0.15, -0.1) is 0 Å². The fourth-order valence-corrected chi connectivity index (χ4v) is 0. The number of hydrogen-bond acceptors (Lipinski definition) is 2. The molecule has 0 aromatic heterocycles. The van der Waals surface area contributed by atoms with E-state index in [2.05, 4.69) is 0 Å². The van der Waals surface area contributed by atoms with Crippen LogP contribution >= 0.6 is 0 Å². The Morgan fingerprint density at radius 1 is 1.67 bits per heavy atom. The van der Waals surface area contributed by atoms with Crippen LogP contribution in [0.3, 0.4) is 0 Å². The van der Waals surface area contributed by atoms with E-state index in [9.17, 15) is 8.12 Å². The molecule has 0 aromatic rings. The van der Waals surface area contributed by atoms with Crippen molar-refractivity contribution in [1.29, 1.82) is 0 Å². The van der Waals surface area contributed by atoms with E-state index in [0.29, 0.717) is 0 Å². The van der Waals surface area contributed by atoms with Gasteiger partial charge in [-0.1, -0.05) is 0 Å². The van der Waals surface area contributed by atoms with Crippen molar-refractivity contribution in [2.75, 3.05) is 0 Å². The number of rotatable bonds is 1. The zero-order valence-corrected chi connectivity index (χ0v) is 4.27. The Balaban J connectivity index is 3.57. The Morgan fingerprint density at radius 3 is 1.83 bits per heavy atom. The predicted octanol–water partition coefficient (Wildman–Crippen LogP) is -0.465. The summed E-state index contributed by atoms with van der Waals surface area (Å²) in [5.74, 6) is 0. The van der Waals surface area contributed by atoms with Crippen molar-refractivity contribution in [2.24, 2.45) is 0 Å². The molecule has 0 heterocycles. The minimum absolute atomic E-state index is 1.57. The average molecular weight is 126 g/mol. The Labute approximate surface area is 40.0 Å². The summed E-state index contributed by atoms with van der Waals surface area (Å²) in [5.41, 5.74) is 0. The third kappa shape index (κ3) is 2.20. The second kappa shape index (κ2) is 2.18. The molecule has 34 valence electrons. The molecule has 0 atom stereocenters. The van der Waals surface area contributed by atoms with E-state index in [4.69, 9.17) is 8.79 Å². The van der Waals surface area contributed by atoms with Crippen LogP contribution < -0.4 is 0 Å². The van der Waals surface area contributed by atoms with Crippen LogP contribution in [0.25, 0.3) is 0 Å². The molecular formula is CH2O4Ti. The molecule has 0 aromatic carbocycles. The molecule has 0 rings (SSSR count). The molecule has 0 saturated carbocycles. The van der Waals surface area contributed by atoms with Gasteiger partial charge in [0, 0.05) is 0 Å². The van der Waals surface area contributed by atoms with Crippen LogP contribution in [0.15, 0.2) is 0 Å². The molecule has 0 aliphatic rings. The van der Waals surface area contributed by atoms with Crippen LogP contribution in [0, 0.1) is 0 Å². The molecule has 0 saturated heterocycles. The molecule has 2 N–H and O–H groups in total. The fraction of sp³-hybridized carbons (Fsp3) is 0. The van der Waals surface area contributed by atoms with Gasteiger partial charge >= 0.3 is 39.4 Å². The molecule has 0 radical (unpaired) electrons. The maximum absolute atomic E-state index is 9.35. The van der Waals surface area contributed by atoms with E-state index in [-0.39, 0.29) is 0 Å². The normalized spacial score (nSPS) is 7.50. The zero-order chi connectivity index (χ0) is 5.15. The second-order valence-corrected chi connectivity index (χ2v) is 2.23. The van der Waals surface area contributed by atoms with E-state index in [1.54, 1.807) is 0 Å². The Morgan fingerprint density at radius 2 is 1.83 bits per heavy atom. The topological polar surface area (TPSA) is 74.6 Å². The molecule has 0 aliphatic carbocycles. The van der Waals surface area contributed by atoms with E-state index in [1.165, 1.54) is 0 Å². The Hall–Kier alpha value is -0.0557. The molecule has 0 amide bonds. The SMILES string of the molecule is O=[C](O)[Ti](=[O])[OH]. The Kier molecular flexibility index (Phi) is 2.16. The number of hydrogen-bond donors (Lipinski definition) is 2. The summed E-state index contributed by atoms with van der Waals surface area (Å²) < 4.78 is 15.4. The van der Waals surface area contributed by atoms with Crippen LogP contribution in [0.1, 0.15) is 0 Å². The van der Waals surface area contributed by atoms with Gasteiger partial charge in [-0.2, -0.15) is 0 Å². The van der Waals surface area contributed by atoms with Gasteiger partial charge in [0.1, 0.15) is 0 Å². The van der Waals surface area contributed by atoms with Crippen LogP contribution in [-0.2, 0) is 21.6 Å². The number of carboxylic acid groups (broad SMARTS) is 1. The summed E-state index contributed by atoms with van der Waals surface area (Å²) in [5, 5.41) is 7.50. The minimum atomic E-state index is -3.80. The van der Waals surface area contributed by atoms with Crippen LogP contribution in [0.2, 0.25) is 0 Å². The summed E-state index contributed by atoms with van der Waals surface area (Å²) >= 11 is -3.80. The molecule has 4 nitrogen and oxygen atoms in total. The van der Waals surface area contributed by atoms with Crippen molar-refractivity contribution in [3.8, 4) is 0 Å². The summed E-state index contributed by atoms with van der Waals surface area (Å²) in [6.07, 6.45) is 0. The summed E-state index contributed by atoms with van der Waals surface area (Å²) in [6.45, 7) is 0. The average Bonchev–Trinajstić information content (AvgIpc) is 1.36. The molecule has 0 aliphatic heterocycles. The molecule has 6 heavy (non-hydrogen) atoms. The third-order valence-electron chi connectivity index (χ3n) is 0.183. The van der Waals surface area contributed by atoms with Gasteiger partial charge in [-0.05, 0) is 0 Å². The molecule has 0 unspecified atom stereocenters. The van der Waals surface area contributed by atoms with E-state index in [1.807, 2.05) is 0 Å². The summed E-state index contributed by atoms with van der Waals surface area (Å²) in [7, 11) is 0. The first kappa shape index (κ1) is 5.94. The van der Waals surface area contributed by atoms with Crippen LogP contribution in [-0.4, -0.2) is 13.1 Å². The standard InChI is InChI=1S/CHO2.H2O.O.Ti/c2-1-3;;;/h(H,2,3);1H2;;/q;;;+1/p-1. The van der Waals surface area contributed by atoms with Gasteiger partial charge in [-0.25, -0.2) is 0 Å². The van der Waals surface area contributed by atoms with Gasteiger partial charge in [0.25, 0.3) is 0 Å². The van der Waals surface area contributed by atoms with Gasteiger partial charge in [0.15, 0.2) is 0 Å². The van der Waals surface area contributed by atoms with Crippen LogP contribution in [0.4, 0.5) is 4.79 Å². The summed E-state index contributed by atoms with van der Waals surface area (Å²) in [4.78, 5) is 9.21. The van der Waals surface area contributed by atoms with Gasteiger partial charge in [0.2, 0.25) is 0 Å². The molecule has 0 spiro atoms. The van der Waals surface area contributed by atoms with Crippen molar-refractivity contribution in [1.82, 2.24) is 0 Å². The van der Waals surface area contributed by atoms with Crippen molar-refractivity contribution in [3.63, 3.8) is 0 Å². The van der Waals surface area contributed by atoms with Crippen molar-refractivity contribution in [3.05, 3.63) is 0 Å². The first-order chi connectivity index (χ1) is 2.64. The first-order valence-electron chi connectivity index (χ1n) is 1.11. The quantitative estimate of drug-likeness (QED) is 0.466. The monoisotopic (exact) mass is 126 g/mol. The maximum atomic E-state index is 9.35. The summed E-state index contributed by atoms with van der Waals surface area (Å²) in [6, 6.07) is 0. The number of carbonyl (C=O) groups is 1. The van der Waals surface area contributed by atoms with Gasteiger partial charge in [-0.3, -0.25) is 0 Å². The molecular weight excluding hydrogens is 124 g/mol. The fourth-order valence-electron chi connectivity index (χ4n) is 0. The van der Waals surface area contributed by atoms with Gasteiger partial charge in [0.05, 0.1) is 0 Å². The van der Waals surface area contributed by atoms with Crippen molar-refractivity contribution in [2.45, 2.75) is 0 Å². The van der Waals surface area contributed by atoms with Gasteiger partial charge < -0.3 is 0 Å². The molecule has 0 bridgehead atoms. The predicted molar refractivity (Wildman–Crippen MR) is 10.9 cm³/mol. The van der Waals surface area contributed by atoms with Crippen LogP contribution in [0.5, 0.6) is 0 Å². The van der Waals surface area contributed by atoms with Crippen molar-refractivity contribution < 1.29 is 35.1 Å².